The van der Waals surface area contributed by atoms with Gasteiger partial charge in [0.2, 0.25) is 0 Å². The van der Waals surface area contributed by atoms with E-state index in [1.54, 1.807) is 5.01 Å². The Kier molecular flexibility index (Phi) is 0.889. The molecule has 0 aliphatic carbocycles. The third kappa shape index (κ3) is 0.824. The third-order valence-corrected chi connectivity index (χ3v) is 0.873. The monoisotopic (exact) mass is 100 g/mol. The molecular formula is C4H8N2O. The summed E-state index contributed by atoms with van der Waals surface area (Å²) in [6.45, 7) is 2.88. The summed E-state index contributed by atoms with van der Waals surface area (Å²) in [6, 6.07) is 0.0573. The molecule has 1 fully saturated rings. The number of carbonyl (C=O) groups excluding carboxylic acids is 1. The van der Waals surface area contributed by atoms with E-state index in [2.05, 4.69) is 5.43 Å². The standard InChI is InChI=1S/C4H8N2O/c1-2-3-6-4(7)5-6/h2-3H2,1H3,(H,5,7). The minimum absolute atomic E-state index is 0.0573. The smallest absolute Gasteiger partial charge is 0.245 e. The largest absolute Gasteiger partial charge is 0.355 e. The van der Waals surface area contributed by atoms with Crippen molar-refractivity contribution in [3.05, 3.63) is 0 Å². The SMILES string of the molecule is CCCN1NC1=O. The highest BCUT2D eigenvalue weighted by Crippen LogP contribution is 1.98. The van der Waals surface area contributed by atoms with Crippen molar-refractivity contribution >= 4 is 6.03 Å². The Balaban J connectivity index is 2.09. The Morgan fingerprint density at radius 2 is 2.43 bits per heavy atom. The molecule has 0 radical (unpaired) electrons. The van der Waals surface area contributed by atoms with Crippen LogP contribution in [0.2, 0.25) is 0 Å². The molecule has 1 saturated heterocycles. The molecule has 0 bridgehead atoms. The van der Waals surface area contributed by atoms with Crippen molar-refractivity contribution < 1.29 is 4.79 Å². The van der Waals surface area contributed by atoms with E-state index in [0.717, 1.165) is 13.0 Å². The van der Waals surface area contributed by atoms with Crippen molar-refractivity contribution in [2.75, 3.05) is 6.54 Å². The summed E-state index contributed by atoms with van der Waals surface area (Å²) in [5.41, 5.74) is 2.53. The van der Waals surface area contributed by atoms with Crippen molar-refractivity contribution in [1.82, 2.24) is 10.4 Å². The Morgan fingerprint density at radius 1 is 1.86 bits per heavy atom. The fourth-order valence-corrected chi connectivity index (χ4v) is 0.472. The van der Waals surface area contributed by atoms with Crippen molar-refractivity contribution in [3.63, 3.8) is 0 Å². The zero-order valence-corrected chi connectivity index (χ0v) is 4.27. The summed E-state index contributed by atoms with van der Waals surface area (Å²) in [6.07, 6.45) is 1.03. The number of nitrogens with one attached hydrogen (secondary N) is 1. The van der Waals surface area contributed by atoms with Gasteiger partial charge in [0.1, 0.15) is 0 Å². The Morgan fingerprint density at radius 3 is 2.57 bits per heavy atom. The second-order valence-electron chi connectivity index (χ2n) is 1.57. The van der Waals surface area contributed by atoms with Gasteiger partial charge in [-0.3, -0.25) is 0 Å². The normalized spacial score (nSPS) is 16.7. The zero-order chi connectivity index (χ0) is 5.28. The van der Waals surface area contributed by atoms with Gasteiger partial charge in [0, 0.05) is 6.54 Å². The van der Waals surface area contributed by atoms with E-state index >= 15 is 0 Å². The molecule has 2 amide bonds. The molecule has 40 valence electrons. The highest BCUT2D eigenvalue weighted by atomic mass is 16.2. The van der Waals surface area contributed by atoms with Crippen molar-refractivity contribution in [2.24, 2.45) is 0 Å². The number of rotatable bonds is 2. The van der Waals surface area contributed by atoms with Crippen LogP contribution >= 0.6 is 0 Å². The Bertz CT molecular complexity index is 91.7. The number of hydrazine groups is 1. The molecular weight excluding hydrogens is 92.1 g/mol. The van der Waals surface area contributed by atoms with E-state index in [0.29, 0.717) is 0 Å². The van der Waals surface area contributed by atoms with Crippen LogP contribution in [-0.2, 0) is 0 Å². The van der Waals surface area contributed by atoms with E-state index < -0.39 is 0 Å². The van der Waals surface area contributed by atoms with Gasteiger partial charge in [-0.1, -0.05) is 6.92 Å². The maximum absolute atomic E-state index is 10.1. The molecule has 0 aromatic carbocycles. The molecule has 0 saturated carbocycles. The van der Waals surface area contributed by atoms with Crippen molar-refractivity contribution in [1.29, 1.82) is 0 Å². The maximum atomic E-state index is 10.1. The van der Waals surface area contributed by atoms with Gasteiger partial charge in [0.15, 0.2) is 0 Å². The van der Waals surface area contributed by atoms with Gasteiger partial charge in [0.25, 0.3) is 0 Å². The van der Waals surface area contributed by atoms with E-state index in [1.807, 2.05) is 6.92 Å². The lowest BCUT2D eigenvalue weighted by Gasteiger charge is -1.86. The van der Waals surface area contributed by atoms with E-state index in [9.17, 15) is 4.79 Å². The van der Waals surface area contributed by atoms with Gasteiger partial charge in [-0.05, 0) is 6.42 Å². The number of hydrogen-bond donors (Lipinski definition) is 1. The van der Waals surface area contributed by atoms with Crippen LogP contribution in [0.3, 0.4) is 0 Å². The maximum Gasteiger partial charge on any atom is 0.355 e. The summed E-state index contributed by atoms with van der Waals surface area (Å²) in [7, 11) is 0. The first-order valence-corrected chi connectivity index (χ1v) is 2.42. The molecule has 0 unspecified atom stereocenters. The lowest BCUT2D eigenvalue weighted by atomic mass is 10.5. The minimum atomic E-state index is 0.0573. The Labute approximate surface area is 42.3 Å². The summed E-state index contributed by atoms with van der Waals surface area (Å²) in [5, 5.41) is 1.58. The summed E-state index contributed by atoms with van der Waals surface area (Å²) >= 11 is 0. The van der Waals surface area contributed by atoms with Crippen molar-refractivity contribution in [3.8, 4) is 0 Å². The number of nitrogens with zero attached hydrogens (tertiary/aromatic N) is 1. The predicted molar refractivity (Wildman–Crippen MR) is 25.5 cm³/mol. The molecule has 0 aromatic heterocycles. The number of hydrogen-bond acceptors (Lipinski definition) is 1. The fraction of sp³-hybridized carbons (Fsp3) is 0.750. The second kappa shape index (κ2) is 1.40. The average Bonchev–Trinajstić information content (AvgIpc) is 2.22. The van der Waals surface area contributed by atoms with Gasteiger partial charge in [-0.15, -0.1) is 0 Å². The molecule has 0 aromatic rings. The molecule has 1 aliphatic heterocycles. The van der Waals surface area contributed by atoms with E-state index in [1.165, 1.54) is 0 Å². The molecule has 0 atom stereocenters. The number of amides is 2. The van der Waals surface area contributed by atoms with Gasteiger partial charge in [-0.2, -0.15) is 0 Å². The fourth-order valence-electron chi connectivity index (χ4n) is 0.472. The number of carbonyl (C=O) groups is 1. The number of urea groups is 1. The third-order valence-electron chi connectivity index (χ3n) is 0.873. The van der Waals surface area contributed by atoms with Crippen molar-refractivity contribution in [2.45, 2.75) is 13.3 Å². The van der Waals surface area contributed by atoms with E-state index in [4.69, 9.17) is 0 Å². The first kappa shape index (κ1) is 4.43. The van der Waals surface area contributed by atoms with Crippen LogP contribution in [0.25, 0.3) is 0 Å². The molecule has 3 nitrogen and oxygen atoms in total. The van der Waals surface area contributed by atoms with Crippen LogP contribution in [0, 0.1) is 0 Å². The molecule has 3 heteroatoms. The highest BCUT2D eigenvalue weighted by molar-refractivity contribution is 5.85. The van der Waals surface area contributed by atoms with Crippen LogP contribution in [0.5, 0.6) is 0 Å². The van der Waals surface area contributed by atoms with E-state index in [-0.39, 0.29) is 6.03 Å². The van der Waals surface area contributed by atoms with Gasteiger partial charge in [0.05, 0.1) is 0 Å². The molecule has 1 N–H and O–H groups in total. The Hall–Kier alpha value is -0.730. The lowest BCUT2D eigenvalue weighted by molar-refractivity contribution is 0.258. The zero-order valence-electron chi connectivity index (χ0n) is 4.27. The quantitative estimate of drug-likeness (QED) is 0.499. The van der Waals surface area contributed by atoms with Crippen LogP contribution in [-0.4, -0.2) is 17.6 Å². The van der Waals surface area contributed by atoms with Gasteiger partial charge in [-0.25, -0.2) is 15.2 Å². The molecule has 1 heterocycles. The second-order valence-corrected chi connectivity index (χ2v) is 1.57. The van der Waals surface area contributed by atoms with Gasteiger partial charge < -0.3 is 0 Å². The molecule has 0 spiro atoms. The summed E-state index contributed by atoms with van der Waals surface area (Å²) in [5.74, 6) is 0. The average molecular weight is 100 g/mol. The topological polar surface area (TPSA) is 42.0 Å². The summed E-state index contributed by atoms with van der Waals surface area (Å²) in [4.78, 5) is 10.1. The van der Waals surface area contributed by atoms with Gasteiger partial charge >= 0.3 is 6.03 Å². The highest BCUT2D eigenvalue weighted by Gasteiger charge is 2.26. The molecule has 1 aliphatic rings. The first-order chi connectivity index (χ1) is 3.34. The minimum Gasteiger partial charge on any atom is -0.245 e. The molecule has 1 rings (SSSR count). The van der Waals surface area contributed by atoms with Crippen LogP contribution in [0.4, 0.5) is 4.79 Å². The lowest BCUT2D eigenvalue weighted by Crippen LogP contribution is -2.00. The first-order valence-electron chi connectivity index (χ1n) is 2.42. The molecule has 7 heavy (non-hydrogen) atoms. The summed E-state index contributed by atoms with van der Waals surface area (Å²) < 4.78 is 0. The van der Waals surface area contributed by atoms with Crippen LogP contribution in [0.1, 0.15) is 13.3 Å². The van der Waals surface area contributed by atoms with Crippen LogP contribution in [0.15, 0.2) is 0 Å². The van der Waals surface area contributed by atoms with Crippen LogP contribution < -0.4 is 5.43 Å². The predicted octanol–water partition coefficient (Wildman–Crippen LogP) is 0.337.